The van der Waals surface area contributed by atoms with Crippen LogP contribution in [0.1, 0.15) is 252 Å². The third-order valence-electron chi connectivity index (χ3n) is 14.4. The first kappa shape index (κ1) is 79.6. The third-order valence-corrected chi connectivity index (χ3v) is 14.4. The summed E-state index contributed by atoms with van der Waals surface area (Å²) in [6, 6.07) is 0. The van der Waals surface area contributed by atoms with Crippen LogP contribution in [0.4, 0.5) is 0 Å². The standard InChI is InChI=1S/C75H118O12/c1-4-7-10-13-16-19-22-25-28-31-34-37-40-43-46-49-52-55-58-61-67(76)83-64-66(85-68(77)62-59-56-53-50-47-44-41-38-35-32-29-26-23-20-17-14-11-8-5-2)65-84-75-73(71(80)70(79)72(87-75)74(81)82)86-69(78)63-60-57-54-51-48-45-42-39-36-33-30-27-24-21-18-15-12-9-6-3/h7,9-10,12,16-21,25-30,34,36-37,39,45,48,54,57,66,70-73,75,79-80H,4-6,8,11,13-15,22-24,31-33,35,38,40-44,46-47,49-53,55-56,58-65H2,1-3H3,(H,81,82)/b10-7-,12-9-,19-16-,20-17-,21-18-,28-25-,29-26-,30-27-,37-34-,39-36-,48-45-,57-54-. The summed E-state index contributed by atoms with van der Waals surface area (Å²) in [5.74, 6) is -3.27. The van der Waals surface area contributed by atoms with E-state index in [1.54, 1.807) is 0 Å². The molecule has 1 heterocycles. The van der Waals surface area contributed by atoms with E-state index in [-0.39, 0.29) is 25.9 Å². The molecule has 1 aliphatic heterocycles. The van der Waals surface area contributed by atoms with E-state index >= 15 is 0 Å². The van der Waals surface area contributed by atoms with Crippen LogP contribution in [0.15, 0.2) is 146 Å². The minimum atomic E-state index is -1.94. The quantitative estimate of drug-likeness (QED) is 0.0228. The van der Waals surface area contributed by atoms with E-state index in [0.29, 0.717) is 25.7 Å². The molecule has 12 nitrogen and oxygen atoms in total. The summed E-state index contributed by atoms with van der Waals surface area (Å²) >= 11 is 0. The van der Waals surface area contributed by atoms with E-state index in [2.05, 4.69) is 148 Å². The molecule has 1 saturated heterocycles. The summed E-state index contributed by atoms with van der Waals surface area (Å²) in [6.45, 7) is 5.71. The molecule has 0 bridgehead atoms. The SMILES string of the molecule is CC/C=C\C/C=C\C/C=C\C/C=C\C/C=C\C/C=C\CCC(=O)OC1C(OCC(COC(=O)CCCCCCCC/C=C\C/C=C\C/C=C\C/C=C\CC)OC(=O)CCCCCCCCCCC/C=C\C/C=C\CCCCC)OC(C(=O)O)C(O)C1O. The number of hydrogen-bond donors (Lipinski definition) is 3. The van der Waals surface area contributed by atoms with Gasteiger partial charge < -0.3 is 39.0 Å². The monoisotopic (exact) mass is 1210 g/mol. The second-order valence-corrected chi connectivity index (χ2v) is 22.3. The van der Waals surface area contributed by atoms with Crippen LogP contribution in [0.5, 0.6) is 0 Å². The normalized spacial score (nSPS) is 18.3. The lowest BCUT2D eigenvalue weighted by molar-refractivity contribution is -0.301. The lowest BCUT2D eigenvalue weighted by Gasteiger charge is -2.40. The molecule has 490 valence electrons. The summed E-state index contributed by atoms with van der Waals surface area (Å²) in [6.07, 6.45) is 75.2. The zero-order valence-corrected chi connectivity index (χ0v) is 54.2. The van der Waals surface area contributed by atoms with Crippen molar-refractivity contribution in [2.24, 2.45) is 0 Å². The molecule has 3 N–H and O–H groups in total. The van der Waals surface area contributed by atoms with Gasteiger partial charge in [0.25, 0.3) is 0 Å². The van der Waals surface area contributed by atoms with Gasteiger partial charge in [-0.15, -0.1) is 0 Å². The third kappa shape index (κ3) is 50.2. The molecular weight excluding hydrogens is 1090 g/mol. The van der Waals surface area contributed by atoms with Crippen molar-refractivity contribution in [1.82, 2.24) is 0 Å². The van der Waals surface area contributed by atoms with Crippen LogP contribution in [-0.2, 0) is 42.9 Å². The number of carbonyl (C=O) groups is 4. The van der Waals surface area contributed by atoms with Crippen LogP contribution in [0.2, 0.25) is 0 Å². The molecule has 6 unspecified atom stereocenters. The number of aliphatic hydroxyl groups excluding tert-OH is 2. The number of carboxylic acids is 1. The summed E-state index contributed by atoms with van der Waals surface area (Å²) in [4.78, 5) is 51.4. The lowest BCUT2D eigenvalue weighted by atomic mass is 9.98. The molecule has 0 amide bonds. The predicted molar refractivity (Wildman–Crippen MR) is 358 cm³/mol. The van der Waals surface area contributed by atoms with Gasteiger partial charge in [0.1, 0.15) is 18.8 Å². The Kier molecular flexibility index (Phi) is 55.7. The first-order chi connectivity index (χ1) is 42.6. The van der Waals surface area contributed by atoms with Gasteiger partial charge in [-0.25, -0.2) is 4.79 Å². The first-order valence-corrected chi connectivity index (χ1v) is 33.8. The molecule has 1 aliphatic rings. The highest BCUT2D eigenvalue weighted by Crippen LogP contribution is 2.26. The fourth-order valence-corrected chi connectivity index (χ4v) is 9.30. The summed E-state index contributed by atoms with van der Waals surface area (Å²) in [5.41, 5.74) is 0. The van der Waals surface area contributed by atoms with Gasteiger partial charge in [0.15, 0.2) is 24.6 Å². The van der Waals surface area contributed by atoms with E-state index < -0.39 is 67.3 Å². The number of hydrogen-bond acceptors (Lipinski definition) is 11. The van der Waals surface area contributed by atoms with E-state index in [4.69, 9.17) is 23.7 Å². The average Bonchev–Trinajstić information content (AvgIpc) is 2.60. The van der Waals surface area contributed by atoms with Crippen LogP contribution in [-0.4, -0.2) is 89.2 Å². The number of esters is 3. The van der Waals surface area contributed by atoms with Gasteiger partial charge in [0.05, 0.1) is 6.61 Å². The highest BCUT2D eigenvalue weighted by atomic mass is 16.7. The van der Waals surface area contributed by atoms with Crippen molar-refractivity contribution in [3.8, 4) is 0 Å². The van der Waals surface area contributed by atoms with E-state index in [9.17, 15) is 34.5 Å². The minimum Gasteiger partial charge on any atom is -0.479 e. The van der Waals surface area contributed by atoms with Crippen LogP contribution in [0.25, 0.3) is 0 Å². The molecule has 0 aromatic heterocycles. The Morgan fingerprint density at radius 3 is 1.15 bits per heavy atom. The smallest absolute Gasteiger partial charge is 0.335 e. The maximum Gasteiger partial charge on any atom is 0.335 e. The number of allylic oxidation sites excluding steroid dienone is 24. The van der Waals surface area contributed by atoms with Crippen LogP contribution in [0.3, 0.4) is 0 Å². The van der Waals surface area contributed by atoms with E-state index in [1.165, 1.54) is 51.4 Å². The van der Waals surface area contributed by atoms with Crippen LogP contribution >= 0.6 is 0 Å². The van der Waals surface area contributed by atoms with Gasteiger partial charge in [-0.05, 0) is 128 Å². The van der Waals surface area contributed by atoms with Crippen LogP contribution in [0, 0.1) is 0 Å². The Labute approximate surface area is 527 Å². The first-order valence-electron chi connectivity index (χ1n) is 33.8. The van der Waals surface area contributed by atoms with Crippen LogP contribution < -0.4 is 0 Å². The number of carbonyl (C=O) groups excluding carboxylic acids is 3. The van der Waals surface area contributed by atoms with Gasteiger partial charge in [-0.1, -0.05) is 250 Å². The predicted octanol–water partition coefficient (Wildman–Crippen LogP) is 18.7. The Hall–Kier alpha value is -5.40. The Morgan fingerprint density at radius 1 is 0.391 bits per heavy atom. The highest BCUT2D eigenvalue weighted by Gasteiger charge is 2.50. The Balaban J connectivity index is 2.71. The summed E-state index contributed by atoms with van der Waals surface area (Å²) in [5, 5.41) is 31.6. The molecule has 0 saturated carbocycles. The van der Waals surface area contributed by atoms with Crippen molar-refractivity contribution in [1.29, 1.82) is 0 Å². The maximum absolute atomic E-state index is 13.2. The number of aliphatic hydroxyl groups is 2. The second kappa shape index (κ2) is 60.9. The molecule has 0 aliphatic carbocycles. The Bertz CT molecular complexity index is 2070. The van der Waals surface area contributed by atoms with Crippen molar-refractivity contribution in [2.45, 2.75) is 289 Å². The lowest BCUT2D eigenvalue weighted by Crippen LogP contribution is -2.61. The summed E-state index contributed by atoms with van der Waals surface area (Å²) in [7, 11) is 0. The van der Waals surface area contributed by atoms with Crippen molar-refractivity contribution in [3.05, 3.63) is 146 Å². The molecule has 0 aromatic carbocycles. The zero-order valence-electron chi connectivity index (χ0n) is 54.2. The molecule has 87 heavy (non-hydrogen) atoms. The maximum atomic E-state index is 13.2. The van der Waals surface area contributed by atoms with E-state index in [1.807, 2.05) is 18.2 Å². The van der Waals surface area contributed by atoms with Crippen molar-refractivity contribution >= 4 is 23.9 Å². The molecular formula is C75H118O12. The van der Waals surface area contributed by atoms with Crippen molar-refractivity contribution < 1.29 is 58.2 Å². The molecule has 1 fully saturated rings. The van der Waals surface area contributed by atoms with Gasteiger partial charge in [-0.3, -0.25) is 14.4 Å². The number of ether oxygens (including phenoxy) is 5. The van der Waals surface area contributed by atoms with E-state index in [0.717, 1.165) is 135 Å². The fraction of sp³-hybridized carbons (Fsp3) is 0.627. The molecule has 0 radical (unpaired) electrons. The van der Waals surface area contributed by atoms with Crippen molar-refractivity contribution in [2.75, 3.05) is 13.2 Å². The number of carboxylic acid groups (broad SMARTS) is 1. The van der Waals surface area contributed by atoms with Gasteiger partial charge in [0, 0.05) is 19.3 Å². The van der Waals surface area contributed by atoms with Gasteiger partial charge >= 0.3 is 23.9 Å². The molecule has 0 aromatic rings. The van der Waals surface area contributed by atoms with Gasteiger partial charge in [-0.2, -0.15) is 0 Å². The highest BCUT2D eigenvalue weighted by molar-refractivity contribution is 5.74. The van der Waals surface area contributed by atoms with Gasteiger partial charge in [0.2, 0.25) is 0 Å². The zero-order chi connectivity index (χ0) is 63.1. The minimum absolute atomic E-state index is 0.0740. The number of unbranched alkanes of at least 4 members (excludes halogenated alkanes) is 18. The average molecular weight is 1210 g/mol. The fourth-order valence-electron chi connectivity index (χ4n) is 9.30. The molecule has 12 heteroatoms. The number of aliphatic carboxylic acids is 1. The second-order valence-electron chi connectivity index (χ2n) is 22.3. The molecule has 0 spiro atoms. The molecule has 6 atom stereocenters. The molecule has 1 rings (SSSR count). The summed E-state index contributed by atoms with van der Waals surface area (Å²) < 4.78 is 28.5. The number of rotatable bonds is 56. The largest absolute Gasteiger partial charge is 0.479 e. The topological polar surface area (TPSA) is 175 Å². The Morgan fingerprint density at radius 2 is 0.747 bits per heavy atom. The van der Waals surface area contributed by atoms with Crippen molar-refractivity contribution in [3.63, 3.8) is 0 Å².